The molecule has 0 saturated heterocycles. The van der Waals surface area contributed by atoms with Gasteiger partial charge in [0.2, 0.25) is 0 Å². The molecule has 0 atom stereocenters. The maximum Gasteiger partial charge on any atom is 0.416 e. The lowest BCUT2D eigenvalue weighted by molar-refractivity contribution is -0.143. The standard InChI is InChI=1S/C27H18F6O2S/c28-26(29,30)20-16-19(17-21(18-20)27(31,32)33)25(34)35-36(22-10-4-1-5-11-22,23-12-6-2-7-13-23)24-14-8-3-9-15-24/h1-18H. The van der Waals surface area contributed by atoms with Gasteiger partial charge in [0.05, 0.1) is 16.7 Å². The summed E-state index contributed by atoms with van der Waals surface area (Å²) in [5, 5.41) is 0. The van der Waals surface area contributed by atoms with Crippen molar-refractivity contribution in [2.45, 2.75) is 27.0 Å². The minimum absolute atomic E-state index is 0.0253. The van der Waals surface area contributed by atoms with Crippen molar-refractivity contribution in [2.75, 3.05) is 0 Å². The summed E-state index contributed by atoms with van der Waals surface area (Å²) in [6.45, 7) is 0. The average molecular weight is 520 g/mol. The molecule has 0 aliphatic rings. The minimum Gasteiger partial charge on any atom is -0.398 e. The summed E-state index contributed by atoms with van der Waals surface area (Å²) in [5.74, 6) is -1.31. The number of benzene rings is 4. The lowest BCUT2D eigenvalue weighted by Gasteiger charge is -2.39. The highest BCUT2D eigenvalue weighted by Crippen LogP contribution is 2.69. The summed E-state index contributed by atoms with van der Waals surface area (Å²) >= 11 is 0. The number of carbonyl (C=O) groups is 1. The Morgan fingerprint density at radius 1 is 0.556 bits per heavy atom. The van der Waals surface area contributed by atoms with Crippen LogP contribution in [0.3, 0.4) is 0 Å². The van der Waals surface area contributed by atoms with Gasteiger partial charge in [0.15, 0.2) is 0 Å². The third kappa shape index (κ3) is 5.11. The Labute approximate surface area is 204 Å². The van der Waals surface area contributed by atoms with Gasteiger partial charge in [-0.25, -0.2) is 4.79 Å². The van der Waals surface area contributed by atoms with Gasteiger partial charge in [-0.15, -0.1) is 0 Å². The summed E-state index contributed by atoms with van der Waals surface area (Å²) in [6, 6.07) is 26.5. The Morgan fingerprint density at radius 3 is 1.19 bits per heavy atom. The number of rotatable bonds is 5. The van der Waals surface area contributed by atoms with Crippen molar-refractivity contribution in [1.82, 2.24) is 0 Å². The van der Waals surface area contributed by atoms with Crippen molar-refractivity contribution in [1.29, 1.82) is 0 Å². The van der Waals surface area contributed by atoms with Crippen LogP contribution < -0.4 is 0 Å². The zero-order valence-electron chi connectivity index (χ0n) is 18.4. The fourth-order valence-corrected chi connectivity index (χ4v) is 6.67. The van der Waals surface area contributed by atoms with E-state index in [0.29, 0.717) is 26.8 Å². The highest BCUT2D eigenvalue weighted by molar-refractivity contribution is 8.30. The zero-order valence-corrected chi connectivity index (χ0v) is 19.2. The Kier molecular flexibility index (Phi) is 6.86. The molecule has 0 N–H and O–H groups in total. The fraction of sp³-hybridized carbons (Fsp3) is 0.0741. The first kappa shape index (κ1) is 25.4. The van der Waals surface area contributed by atoms with Crippen LogP contribution in [0.2, 0.25) is 0 Å². The van der Waals surface area contributed by atoms with E-state index in [-0.39, 0.29) is 6.07 Å². The van der Waals surface area contributed by atoms with Crippen molar-refractivity contribution in [3.8, 4) is 0 Å². The molecule has 4 aromatic rings. The number of hydrogen-bond donors (Lipinski definition) is 0. The van der Waals surface area contributed by atoms with Crippen molar-refractivity contribution in [3.63, 3.8) is 0 Å². The molecule has 2 nitrogen and oxygen atoms in total. The molecule has 0 unspecified atom stereocenters. The van der Waals surface area contributed by atoms with E-state index in [9.17, 15) is 31.1 Å². The highest BCUT2D eigenvalue weighted by Gasteiger charge is 2.40. The van der Waals surface area contributed by atoms with Crippen LogP contribution in [0.5, 0.6) is 0 Å². The van der Waals surface area contributed by atoms with E-state index in [4.69, 9.17) is 4.18 Å². The van der Waals surface area contributed by atoms with Crippen LogP contribution in [0.25, 0.3) is 0 Å². The number of carbonyl (C=O) groups excluding carboxylic acids is 1. The molecule has 0 bridgehead atoms. The summed E-state index contributed by atoms with van der Waals surface area (Å²) in [4.78, 5) is 15.0. The Hall–Kier alpha value is -3.72. The van der Waals surface area contributed by atoms with Crippen LogP contribution in [-0.4, -0.2) is 5.97 Å². The molecule has 186 valence electrons. The lowest BCUT2D eigenvalue weighted by atomic mass is 10.0. The van der Waals surface area contributed by atoms with Crippen LogP contribution in [0, 0.1) is 0 Å². The summed E-state index contributed by atoms with van der Waals surface area (Å²) < 4.78 is 86.5. The molecule has 4 rings (SSSR count). The summed E-state index contributed by atoms with van der Waals surface area (Å²) in [6.07, 6.45) is -10.2. The number of halogens is 6. The molecule has 9 heteroatoms. The van der Waals surface area contributed by atoms with E-state index in [1.54, 1.807) is 91.0 Å². The molecular formula is C27H18F6O2S. The third-order valence-electron chi connectivity index (χ3n) is 5.25. The molecule has 0 spiro atoms. The summed E-state index contributed by atoms with van der Waals surface area (Å²) in [5.41, 5.74) is -4.04. The minimum atomic E-state index is -5.10. The van der Waals surface area contributed by atoms with Crippen molar-refractivity contribution in [3.05, 3.63) is 126 Å². The SMILES string of the molecule is O=C(OS(c1ccccc1)(c1ccccc1)c1ccccc1)c1cc(C(F)(F)F)cc(C(F)(F)F)c1. The first-order valence-electron chi connectivity index (χ1n) is 10.5. The first-order chi connectivity index (χ1) is 17.0. The largest absolute Gasteiger partial charge is 0.416 e. The molecule has 0 amide bonds. The molecule has 0 radical (unpaired) electrons. The maximum absolute atomic E-state index is 13.4. The quantitative estimate of drug-likeness (QED) is 0.246. The van der Waals surface area contributed by atoms with Crippen LogP contribution >= 0.6 is 10.3 Å². The van der Waals surface area contributed by atoms with Gasteiger partial charge in [-0.2, -0.15) is 26.3 Å². The highest BCUT2D eigenvalue weighted by atomic mass is 32.3. The third-order valence-corrected chi connectivity index (χ3v) is 8.46. The summed E-state index contributed by atoms with van der Waals surface area (Å²) in [7, 11) is -2.89. The lowest BCUT2D eigenvalue weighted by Crippen LogP contribution is -2.17. The van der Waals surface area contributed by atoms with Crippen LogP contribution in [0.1, 0.15) is 21.5 Å². The normalized spacial score (nSPS) is 12.7. The molecule has 0 saturated carbocycles. The van der Waals surface area contributed by atoms with E-state index in [0.717, 1.165) is 0 Å². The Bertz CT molecular complexity index is 1210. The molecular weight excluding hydrogens is 502 g/mol. The maximum atomic E-state index is 13.4. The predicted octanol–water partition coefficient (Wildman–Crippen LogP) is 8.78. The van der Waals surface area contributed by atoms with E-state index >= 15 is 0 Å². The predicted molar refractivity (Wildman–Crippen MR) is 124 cm³/mol. The molecule has 0 fully saturated rings. The monoisotopic (exact) mass is 520 g/mol. The fourth-order valence-electron chi connectivity index (χ4n) is 3.62. The van der Waals surface area contributed by atoms with Gasteiger partial charge in [0.25, 0.3) is 0 Å². The Balaban J connectivity index is 1.94. The topological polar surface area (TPSA) is 26.3 Å². The molecule has 36 heavy (non-hydrogen) atoms. The van der Waals surface area contributed by atoms with Crippen LogP contribution in [0.15, 0.2) is 124 Å². The van der Waals surface area contributed by atoms with Gasteiger partial charge < -0.3 is 4.18 Å². The van der Waals surface area contributed by atoms with Gasteiger partial charge >= 0.3 is 18.3 Å². The molecule has 0 heterocycles. The second-order valence-electron chi connectivity index (χ2n) is 7.66. The molecule has 0 aliphatic heterocycles. The van der Waals surface area contributed by atoms with Crippen LogP contribution in [-0.2, 0) is 16.5 Å². The van der Waals surface area contributed by atoms with E-state index in [1.807, 2.05) is 0 Å². The van der Waals surface area contributed by atoms with E-state index in [1.165, 1.54) is 0 Å². The second-order valence-corrected chi connectivity index (χ2v) is 10.4. The van der Waals surface area contributed by atoms with Gasteiger partial charge in [0.1, 0.15) is 0 Å². The van der Waals surface area contributed by atoms with Gasteiger partial charge in [-0.05, 0) is 64.9 Å². The Morgan fingerprint density at radius 2 is 0.889 bits per heavy atom. The van der Waals surface area contributed by atoms with E-state index < -0.39 is 45.3 Å². The number of alkyl halides is 6. The molecule has 4 aromatic carbocycles. The second kappa shape index (κ2) is 9.73. The first-order valence-corrected chi connectivity index (χ1v) is 12.1. The van der Waals surface area contributed by atoms with Crippen molar-refractivity contribution < 1.29 is 35.3 Å². The smallest absolute Gasteiger partial charge is 0.398 e. The van der Waals surface area contributed by atoms with E-state index in [2.05, 4.69) is 0 Å². The zero-order chi connectivity index (χ0) is 26.0. The number of hydrogen-bond acceptors (Lipinski definition) is 2. The van der Waals surface area contributed by atoms with Crippen LogP contribution in [0.4, 0.5) is 26.3 Å². The average Bonchev–Trinajstić information content (AvgIpc) is 2.87. The van der Waals surface area contributed by atoms with Gasteiger partial charge in [-0.1, -0.05) is 54.6 Å². The van der Waals surface area contributed by atoms with Crippen molar-refractivity contribution in [2.24, 2.45) is 0 Å². The van der Waals surface area contributed by atoms with Crippen molar-refractivity contribution >= 4 is 16.3 Å². The molecule has 0 aromatic heterocycles. The van der Waals surface area contributed by atoms with Gasteiger partial charge in [-0.3, -0.25) is 0 Å². The molecule has 0 aliphatic carbocycles. The van der Waals surface area contributed by atoms with Gasteiger partial charge in [0, 0.05) is 14.7 Å².